The van der Waals surface area contributed by atoms with E-state index in [0.717, 1.165) is 25.9 Å². The van der Waals surface area contributed by atoms with Crippen molar-refractivity contribution in [2.45, 2.75) is 51.4 Å². The Kier molecular flexibility index (Phi) is 8.66. The highest BCUT2D eigenvalue weighted by Gasteiger charge is 2.39. The molecule has 188 valence electrons. The lowest BCUT2D eigenvalue weighted by atomic mass is 9.75. The maximum absolute atomic E-state index is 13.9. The van der Waals surface area contributed by atoms with Crippen LogP contribution in [0.1, 0.15) is 50.5 Å². The van der Waals surface area contributed by atoms with Gasteiger partial charge in [0.25, 0.3) is 0 Å². The maximum atomic E-state index is 13.9. The highest BCUT2D eigenvalue weighted by molar-refractivity contribution is 6.30. The van der Waals surface area contributed by atoms with Gasteiger partial charge in [0.2, 0.25) is 11.8 Å². The van der Waals surface area contributed by atoms with Gasteiger partial charge in [0.15, 0.2) is 0 Å². The van der Waals surface area contributed by atoms with Gasteiger partial charge in [-0.3, -0.25) is 9.59 Å². The Morgan fingerprint density at radius 3 is 2.34 bits per heavy atom. The third-order valence-electron chi connectivity index (χ3n) is 7.32. The van der Waals surface area contributed by atoms with Gasteiger partial charge in [-0.15, -0.1) is 0 Å². The molecule has 0 atom stereocenters. The minimum absolute atomic E-state index is 0.0277. The number of aryl methyl sites for hydroxylation is 1. The minimum Gasteiger partial charge on any atom is -0.493 e. The molecule has 0 unspecified atom stereocenters. The molecular formula is C28H34ClFN2O3. The van der Waals surface area contributed by atoms with Gasteiger partial charge < -0.3 is 14.5 Å². The van der Waals surface area contributed by atoms with E-state index in [0.29, 0.717) is 61.7 Å². The fourth-order valence-electron chi connectivity index (χ4n) is 5.07. The Morgan fingerprint density at radius 1 is 0.914 bits per heavy atom. The molecule has 4 rings (SSSR count). The second-order valence-electron chi connectivity index (χ2n) is 9.84. The molecule has 2 aromatic rings. The first-order chi connectivity index (χ1) is 16.9. The number of benzene rings is 2. The van der Waals surface area contributed by atoms with E-state index in [1.165, 1.54) is 12.5 Å². The number of piperidine rings is 2. The summed E-state index contributed by atoms with van der Waals surface area (Å²) in [5.74, 6) is 0.622. The molecule has 2 aliphatic heterocycles. The van der Waals surface area contributed by atoms with Crippen LogP contribution < -0.4 is 4.74 Å². The monoisotopic (exact) mass is 500 g/mol. The third-order valence-corrected chi connectivity index (χ3v) is 7.55. The molecule has 5 nitrogen and oxygen atoms in total. The van der Waals surface area contributed by atoms with Crippen molar-refractivity contribution in [1.29, 1.82) is 0 Å². The summed E-state index contributed by atoms with van der Waals surface area (Å²) in [4.78, 5) is 29.9. The van der Waals surface area contributed by atoms with E-state index < -0.39 is 0 Å². The third kappa shape index (κ3) is 6.97. The van der Waals surface area contributed by atoms with E-state index >= 15 is 0 Å². The van der Waals surface area contributed by atoms with Crippen molar-refractivity contribution in [3.63, 3.8) is 0 Å². The second kappa shape index (κ2) is 11.9. The summed E-state index contributed by atoms with van der Waals surface area (Å²) in [7, 11) is 0. The number of hydrogen-bond acceptors (Lipinski definition) is 3. The lowest BCUT2D eigenvalue weighted by molar-refractivity contribution is -0.138. The molecule has 2 fully saturated rings. The number of carbonyl (C=O) groups excluding carboxylic acids is 2. The summed E-state index contributed by atoms with van der Waals surface area (Å²) in [5, 5.41) is 0.608. The van der Waals surface area contributed by atoms with E-state index in [1.54, 1.807) is 30.3 Å². The first-order valence-corrected chi connectivity index (χ1v) is 13.0. The molecule has 35 heavy (non-hydrogen) atoms. The topological polar surface area (TPSA) is 49.9 Å². The Balaban J connectivity index is 1.38. The molecule has 7 heteroatoms. The van der Waals surface area contributed by atoms with Crippen molar-refractivity contribution < 1.29 is 18.7 Å². The van der Waals surface area contributed by atoms with Gasteiger partial charge in [-0.1, -0.05) is 35.9 Å². The molecule has 0 spiro atoms. The van der Waals surface area contributed by atoms with Crippen LogP contribution in [0.15, 0.2) is 48.5 Å². The van der Waals surface area contributed by atoms with Crippen LogP contribution in [0.2, 0.25) is 5.02 Å². The molecule has 2 heterocycles. The van der Waals surface area contributed by atoms with Crippen LogP contribution in [0.3, 0.4) is 0 Å². The van der Waals surface area contributed by atoms with Gasteiger partial charge in [-0.25, -0.2) is 4.39 Å². The summed E-state index contributed by atoms with van der Waals surface area (Å²) in [6, 6.07) is 13.9. The van der Waals surface area contributed by atoms with Crippen LogP contribution in [-0.2, 0) is 16.0 Å². The van der Waals surface area contributed by atoms with E-state index in [2.05, 4.69) is 0 Å². The van der Waals surface area contributed by atoms with Crippen LogP contribution in [0, 0.1) is 11.2 Å². The normalized spacial score (nSPS) is 17.8. The predicted molar refractivity (Wildman–Crippen MR) is 135 cm³/mol. The van der Waals surface area contributed by atoms with Crippen LogP contribution in [0.25, 0.3) is 0 Å². The quantitative estimate of drug-likeness (QED) is 0.480. The summed E-state index contributed by atoms with van der Waals surface area (Å²) in [5.41, 5.74) is 0.230. The Hall–Kier alpha value is -2.60. The Morgan fingerprint density at radius 2 is 1.63 bits per heavy atom. The highest BCUT2D eigenvalue weighted by Crippen LogP contribution is 2.37. The molecule has 0 bridgehead atoms. The fourth-order valence-corrected chi connectivity index (χ4v) is 5.25. The highest BCUT2D eigenvalue weighted by atomic mass is 35.5. The van der Waals surface area contributed by atoms with E-state index in [1.807, 2.05) is 21.9 Å². The fraction of sp³-hybridized carbons (Fsp3) is 0.500. The average molecular weight is 501 g/mol. The molecule has 0 radical (unpaired) electrons. The lowest BCUT2D eigenvalue weighted by Gasteiger charge is -2.42. The number of nitrogens with zero attached hydrogens (tertiary/aromatic N) is 2. The van der Waals surface area contributed by atoms with Crippen molar-refractivity contribution in [2.75, 3.05) is 32.8 Å². The molecule has 0 saturated carbocycles. The van der Waals surface area contributed by atoms with Crippen LogP contribution in [0.4, 0.5) is 4.39 Å². The Labute approximate surface area is 212 Å². The number of likely N-dealkylation sites (tertiary alicyclic amines) is 2. The summed E-state index contributed by atoms with van der Waals surface area (Å²) >= 11 is 6.12. The SMILES string of the molecule is O=C(CCc1ccccc1F)N1CCC(COc2cccc(Cl)c2)(CC(=O)N2CCCCC2)CC1. The number of rotatable bonds is 8. The van der Waals surface area contributed by atoms with E-state index in [9.17, 15) is 14.0 Å². The Bertz CT molecular complexity index is 1020. The van der Waals surface area contributed by atoms with Gasteiger partial charge in [0.05, 0.1) is 6.61 Å². The van der Waals surface area contributed by atoms with Gasteiger partial charge >= 0.3 is 0 Å². The standard InChI is InChI=1S/C28H34ClFN2O3/c29-23-8-6-9-24(19-23)35-21-28(20-27(34)31-15-4-1-5-16-31)13-17-32(18-14-28)26(33)12-11-22-7-2-3-10-25(22)30/h2-3,6-10,19H,1,4-5,11-18,20-21H2. The van der Waals surface area contributed by atoms with E-state index in [-0.39, 0.29) is 29.5 Å². The average Bonchev–Trinajstić information content (AvgIpc) is 2.88. The zero-order valence-corrected chi connectivity index (χ0v) is 20.9. The van der Waals surface area contributed by atoms with Crippen molar-refractivity contribution >= 4 is 23.4 Å². The number of ether oxygens (including phenoxy) is 1. The minimum atomic E-state index is -0.334. The maximum Gasteiger partial charge on any atom is 0.223 e. The van der Waals surface area contributed by atoms with Gasteiger partial charge in [-0.2, -0.15) is 0 Å². The van der Waals surface area contributed by atoms with Crippen molar-refractivity contribution in [1.82, 2.24) is 9.80 Å². The summed E-state index contributed by atoms with van der Waals surface area (Å²) < 4.78 is 20.1. The molecule has 0 N–H and O–H groups in total. The molecule has 0 aromatic heterocycles. The largest absolute Gasteiger partial charge is 0.493 e. The van der Waals surface area contributed by atoms with Crippen LogP contribution in [-0.4, -0.2) is 54.4 Å². The molecule has 0 aliphatic carbocycles. The molecule has 2 aliphatic rings. The zero-order valence-electron chi connectivity index (χ0n) is 20.2. The van der Waals surface area contributed by atoms with Gasteiger partial charge in [0, 0.05) is 49.5 Å². The van der Waals surface area contributed by atoms with Gasteiger partial charge in [0.1, 0.15) is 11.6 Å². The smallest absolute Gasteiger partial charge is 0.223 e. The lowest BCUT2D eigenvalue weighted by Crippen LogP contribution is -2.48. The first-order valence-electron chi connectivity index (χ1n) is 12.6. The van der Waals surface area contributed by atoms with Crippen LogP contribution >= 0.6 is 11.6 Å². The molecular weight excluding hydrogens is 467 g/mol. The van der Waals surface area contributed by atoms with Crippen LogP contribution in [0.5, 0.6) is 5.75 Å². The molecule has 2 saturated heterocycles. The number of amides is 2. The van der Waals surface area contributed by atoms with E-state index in [4.69, 9.17) is 16.3 Å². The molecule has 2 amide bonds. The van der Waals surface area contributed by atoms with Crippen molar-refractivity contribution in [3.8, 4) is 5.75 Å². The van der Waals surface area contributed by atoms with Gasteiger partial charge in [-0.05, 0) is 68.4 Å². The second-order valence-corrected chi connectivity index (χ2v) is 10.3. The first kappa shape index (κ1) is 25.5. The number of carbonyl (C=O) groups is 2. The zero-order chi connectivity index (χ0) is 24.7. The van der Waals surface area contributed by atoms with Crippen molar-refractivity contribution in [3.05, 3.63) is 64.9 Å². The number of hydrogen-bond donors (Lipinski definition) is 0. The number of halogens is 2. The summed E-state index contributed by atoms with van der Waals surface area (Å²) in [6.07, 6.45) is 5.76. The summed E-state index contributed by atoms with van der Waals surface area (Å²) in [6.45, 7) is 3.20. The molecule has 2 aromatic carbocycles. The predicted octanol–water partition coefficient (Wildman–Crippen LogP) is 5.50. The van der Waals surface area contributed by atoms with Crippen molar-refractivity contribution in [2.24, 2.45) is 5.41 Å².